The average molecular weight is 422 g/mol. The van der Waals surface area contributed by atoms with Gasteiger partial charge in [0.1, 0.15) is 5.60 Å². The number of hydrogen-bond acceptors (Lipinski definition) is 2. The number of benzene rings is 1. The summed E-state index contributed by atoms with van der Waals surface area (Å²) in [7, 11) is 0. The summed E-state index contributed by atoms with van der Waals surface area (Å²) in [6.07, 6.45) is -0.343. The van der Waals surface area contributed by atoms with Gasteiger partial charge in [-0.25, -0.2) is 9.36 Å². The van der Waals surface area contributed by atoms with Crippen LogP contribution < -0.4 is 0 Å². The first-order valence-electron chi connectivity index (χ1n) is 5.48. The summed E-state index contributed by atoms with van der Waals surface area (Å²) in [5.74, 6) is 0. The Labute approximate surface area is 128 Å². The largest absolute Gasteiger partial charge is 0.443 e. The summed E-state index contributed by atoms with van der Waals surface area (Å²) in [5, 5.41) is 1.01. The zero-order valence-electron chi connectivity index (χ0n) is 10.3. The molecule has 0 unspecified atom stereocenters. The van der Waals surface area contributed by atoms with Crippen LogP contribution in [0.15, 0.2) is 28.7 Å². The molecule has 5 heteroatoms. The highest BCUT2D eigenvalue weighted by Crippen LogP contribution is 2.25. The van der Waals surface area contributed by atoms with E-state index in [0.29, 0.717) is 0 Å². The molecule has 1 aromatic heterocycles. The molecule has 18 heavy (non-hydrogen) atoms. The standard InChI is InChI=1S/C13H13BrINO2/c1-13(2,3)18-12(17)16-10-5-4-9(14)6-8(10)7-11(16)15/h4-7H,1-3H3. The first-order chi connectivity index (χ1) is 8.28. The second-order valence-corrected chi connectivity index (χ2v) is 7.01. The summed E-state index contributed by atoms with van der Waals surface area (Å²) in [6.45, 7) is 5.58. The van der Waals surface area contributed by atoms with Crippen LogP contribution in [0.4, 0.5) is 4.79 Å². The molecule has 0 aliphatic heterocycles. The molecule has 1 aromatic carbocycles. The van der Waals surface area contributed by atoms with Crippen molar-refractivity contribution in [2.45, 2.75) is 26.4 Å². The van der Waals surface area contributed by atoms with E-state index in [1.807, 2.05) is 45.0 Å². The van der Waals surface area contributed by atoms with Crippen molar-refractivity contribution in [1.29, 1.82) is 0 Å². The molecule has 1 heterocycles. The van der Waals surface area contributed by atoms with Gasteiger partial charge in [0.15, 0.2) is 0 Å². The third-order valence-electron chi connectivity index (χ3n) is 2.29. The Morgan fingerprint density at radius 1 is 1.33 bits per heavy atom. The van der Waals surface area contributed by atoms with Crippen LogP contribution in [0.2, 0.25) is 0 Å². The molecule has 0 bridgehead atoms. The van der Waals surface area contributed by atoms with Crippen molar-refractivity contribution in [2.75, 3.05) is 0 Å². The number of aromatic nitrogens is 1. The molecule has 0 N–H and O–H groups in total. The van der Waals surface area contributed by atoms with Crippen LogP contribution in [-0.2, 0) is 4.74 Å². The second-order valence-electron chi connectivity index (χ2n) is 4.99. The fourth-order valence-corrected chi connectivity index (χ4v) is 2.82. The number of rotatable bonds is 0. The minimum Gasteiger partial charge on any atom is -0.443 e. The highest BCUT2D eigenvalue weighted by atomic mass is 127. The van der Waals surface area contributed by atoms with Crippen LogP contribution in [0.5, 0.6) is 0 Å². The van der Waals surface area contributed by atoms with Gasteiger partial charge in [-0.15, -0.1) is 0 Å². The normalized spacial score (nSPS) is 11.8. The van der Waals surface area contributed by atoms with Crippen molar-refractivity contribution in [3.8, 4) is 0 Å². The number of fused-ring (bicyclic) bond motifs is 1. The maximum atomic E-state index is 12.2. The fourth-order valence-electron chi connectivity index (χ4n) is 1.65. The van der Waals surface area contributed by atoms with Gasteiger partial charge >= 0.3 is 6.09 Å². The summed E-state index contributed by atoms with van der Waals surface area (Å²) < 4.78 is 8.84. The Morgan fingerprint density at radius 3 is 2.61 bits per heavy atom. The number of ether oxygens (including phenoxy) is 1. The van der Waals surface area contributed by atoms with Gasteiger partial charge in [-0.2, -0.15) is 0 Å². The van der Waals surface area contributed by atoms with Crippen molar-refractivity contribution in [1.82, 2.24) is 4.57 Å². The fraction of sp³-hybridized carbons (Fsp3) is 0.308. The van der Waals surface area contributed by atoms with E-state index in [4.69, 9.17) is 4.74 Å². The topological polar surface area (TPSA) is 31.2 Å². The Morgan fingerprint density at radius 2 is 2.00 bits per heavy atom. The first kappa shape index (κ1) is 13.9. The number of carbonyl (C=O) groups is 1. The molecule has 2 aromatic rings. The molecule has 0 spiro atoms. The highest BCUT2D eigenvalue weighted by Gasteiger charge is 2.21. The Hall–Kier alpha value is -0.560. The molecule has 0 saturated carbocycles. The number of carbonyl (C=O) groups excluding carboxylic acids is 1. The molecule has 2 rings (SSSR count). The zero-order chi connectivity index (χ0) is 13.5. The van der Waals surface area contributed by atoms with Crippen LogP contribution in [-0.4, -0.2) is 16.3 Å². The van der Waals surface area contributed by atoms with Crippen molar-refractivity contribution >= 4 is 55.5 Å². The molecule has 0 aliphatic carbocycles. The van der Waals surface area contributed by atoms with E-state index in [9.17, 15) is 4.79 Å². The van der Waals surface area contributed by atoms with Crippen LogP contribution in [0.25, 0.3) is 10.9 Å². The molecule has 0 radical (unpaired) electrons. The Balaban J connectivity index is 2.51. The lowest BCUT2D eigenvalue weighted by molar-refractivity contribution is 0.0540. The molecule has 96 valence electrons. The van der Waals surface area contributed by atoms with Crippen LogP contribution in [0, 0.1) is 3.70 Å². The quantitative estimate of drug-likeness (QED) is 0.572. The van der Waals surface area contributed by atoms with E-state index in [-0.39, 0.29) is 6.09 Å². The zero-order valence-corrected chi connectivity index (χ0v) is 14.1. The van der Waals surface area contributed by atoms with Gasteiger partial charge in [0, 0.05) is 9.86 Å². The smallest absolute Gasteiger partial charge is 0.419 e. The van der Waals surface area contributed by atoms with E-state index in [1.54, 1.807) is 4.57 Å². The van der Waals surface area contributed by atoms with Crippen LogP contribution in [0.1, 0.15) is 20.8 Å². The lowest BCUT2D eigenvalue weighted by Crippen LogP contribution is -2.27. The van der Waals surface area contributed by atoms with Gasteiger partial charge in [-0.05, 0) is 67.6 Å². The van der Waals surface area contributed by atoms with Gasteiger partial charge < -0.3 is 4.74 Å². The van der Waals surface area contributed by atoms with E-state index in [1.165, 1.54) is 0 Å². The summed E-state index contributed by atoms with van der Waals surface area (Å²) >= 11 is 5.56. The van der Waals surface area contributed by atoms with Crippen molar-refractivity contribution in [3.63, 3.8) is 0 Å². The van der Waals surface area contributed by atoms with Crippen LogP contribution >= 0.6 is 38.5 Å². The number of nitrogens with zero attached hydrogens (tertiary/aromatic N) is 1. The Kier molecular flexibility index (Phi) is 3.73. The minimum atomic E-state index is -0.494. The van der Waals surface area contributed by atoms with E-state index in [0.717, 1.165) is 19.1 Å². The first-order valence-corrected chi connectivity index (χ1v) is 7.35. The van der Waals surface area contributed by atoms with Gasteiger partial charge in [0.05, 0.1) is 9.22 Å². The second kappa shape index (κ2) is 4.85. The molecule has 0 saturated heterocycles. The summed E-state index contributed by atoms with van der Waals surface area (Å²) in [5.41, 5.74) is 0.364. The number of halogens is 2. The lowest BCUT2D eigenvalue weighted by atomic mass is 10.2. The highest BCUT2D eigenvalue weighted by molar-refractivity contribution is 14.1. The predicted octanol–water partition coefficient (Wildman–Crippen LogP) is 4.79. The monoisotopic (exact) mass is 421 g/mol. The molecule has 3 nitrogen and oxygen atoms in total. The lowest BCUT2D eigenvalue weighted by Gasteiger charge is -2.20. The molecular formula is C13H13BrINO2. The summed E-state index contributed by atoms with van der Waals surface area (Å²) in [4.78, 5) is 12.2. The average Bonchev–Trinajstić information content (AvgIpc) is 2.50. The Bertz CT molecular complexity index is 613. The van der Waals surface area contributed by atoms with Crippen LogP contribution in [0.3, 0.4) is 0 Å². The molecule has 0 atom stereocenters. The third kappa shape index (κ3) is 2.88. The van der Waals surface area contributed by atoms with E-state index < -0.39 is 5.60 Å². The summed E-state index contributed by atoms with van der Waals surface area (Å²) in [6, 6.07) is 7.77. The van der Waals surface area contributed by atoms with Crippen molar-refractivity contribution < 1.29 is 9.53 Å². The maximum absolute atomic E-state index is 12.2. The van der Waals surface area contributed by atoms with Crippen molar-refractivity contribution in [3.05, 3.63) is 32.4 Å². The minimum absolute atomic E-state index is 0.343. The molecular weight excluding hydrogens is 409 g/mol. The molecule has 0 amide bonds. The van der Waals surface area contributed by atoms with E-state index in [2.05, 4.69) is 38.5 Å². The van der Waals surface area contributed by atoms with Gasteiger partial charge in [-0.1, -0.05) is 15.9 Å². The molecule has 0 aliphatic rings. The SMILES string of the molecule is CC(C)(C)OC(=O)n1c(I)cc2cc(Br)ccc21. The van der Waals surface area contributed by atoms with Crippen molar-refractivity contribution in [2.24, 2.45) is 0 Å². The van der Waals surface area contributed by atoms with Gasteiger partial charge in [-0.3, -0.25) is 0 Å². The predicted molar refractivity (Wildman–Crippen MR) is 84.0 cm³/mol. The number of hydrogen-bond donors (Lipinski definition) is 0. The third-order valence-corrected chi connectivity index (χ3v) is 3.58. The van der Waals surface area contributed by atoms with E-state index >= 15 is 0 Å². The van der Waals surface area contributed by atoms with Gasteiger partial charge in [0.2, 0.25) is 0 Å². The van der Waals surface area contributed by atoms with Gasteiger partial charge in [0.25, 0.3) is 0 Å². The maximum Gasteiger partial charge on any atom is 0.419 e. The molecule has 0 fully saturated rings.